The van der Waals surface area contributed by atoms with Crippen molar-refractivity contribution in [3.05, 3.63) is 63.2 Å². The molecule has 0 saturated carbocycles. The Morgan fingerprint density at radius 2 is 1.97 bits per heavy atom. The number of ether oxygens (including phenoxy) is 2. The predicted octanol–water partition coefficient (Wildman–Crippen LogP) is 3.97. The Balaban J connectivity index is 1.77. The second-order valence-corrected chi connectivity index (χ2v) is 7.60. The summed E-state index contributed by atoms with van der Waals surface area (Å²) in [5.74, 6) is 1.83. The fourth-order valence-corrected chi connectivity index (χ4v) is 3.62. The van der Waals surface area contributed by atoms with Crippen LogP contribution in [-0.2, 0) is 17.8 Å². The van der Waals surface area contributed by atoms with E-state index < -0.39 is 0 Å². The lowest BCUT2D eigenvalue weighted by atomic mass is 10.1. The third kappa shape index (κ3) is 5.55. The summed E-state index contributed by atoms with van der Waals surface area (Å²) < 4.78 is 10.7. The number of benzene rings is 2. The van der Waals surface area contributed by atoms with Crippen LogP contribution in [0.4, 0.5) is 0 Å². The summed E-state index contributed by atoms with van der Waals surface area (Å²) in [5.41, 5.74) is 1.16. The summed E-state index contributed by atoms with van der Waals surface area (Å²) in [7, 11) is 3.20. The molecule has 0 saturated heterocycles. The Labute approximate surface area is 186 Å². The van der Waals surface area contributed by atoms with Crippen LogP contribution < -0.4 is 15.0 Å². The molecule has 1 aromatic heterocycles. The first-order valence-electron chi connectivity index (χ1n) is 10.1. The number of rotatable bonds is 9. The molecule has 0 bridgehead atoms. The van der Waals surface area contributed by atoms with Crippen molar-refractivity contribution in [1.82, 2.24) is 14.9 Å². The summed E-state index contributed by atoms with van der Waals surface area (Å²) in [6, 6.07) is 10.5. The molecule has 0 unspecified atom stereocenters. The number of carbonyl (C=O) groups excluding carboxylic acids is 1. The number of aromatic nitrogens is 2. The summed E-state index contributed by atoms with van der Waals surface area (Å²) in [4.78, 5) is 34.4. The van der Waals surface area contributed by atoms with E-state index in [9.17, 15) is 9.59 Å². The number of carbonyl (C=O) groups is 1. The van der Waals surface area contributed by atoms with E-state index in [0.717, 1.165) is 12.0 Å². The van der Waals surface area contributed by atoms with Gasteiger partial charge in [-0.05, 0) is 54.8 Å². The zero-order valence-electron chi connectivity index (χ0n) is 17.9. The van der Waals surface area contributed by atoms with E-state index in [4.69, 9.17) is 21.1 Å². The van der Waals surface area contributed by atoms with Crippen LogP contribution >= 0.6 is 11.6 Å². The standard InChI is InChI=1S/C23H26ClN3O4/c1-4-11-27(14-21-25-19-13-16(24)6-8-18(19)23(29)26-21)22(28)10-5-15-12-17(30-2)7-9-20(15)31-3/h6-9,12-13H,4-5,10-11,14H2,1-3H3,(H,25,26,29). The van der Waals surface area contributed by atoms with Gasteiger partial charge < -0.3 is 19.4 Å². The van der Waals surface area contributed by atoms with Crippen LogP contribution in [0.2, 0.25) is 5.02 Å². The van der Waals surface area contributed by atoms with Gasteiger partial charge in [0.15, 0.2) is 0 Å². The molecule has 0 spiro atoms. The minimum atomic E-state index is -0.248. The number of nitrogens with zero attached hydrogens (tertiary/aromatic N) is 2. The number of H-pyrrole nitrogens is 1. The molecule has 164 valence electrons. The van der Waals surface area contributed by atoms with Crippen molar-refractivity contribution in [3.63, 3.8) is 0 Å². The highest BCUT2D eigenvalue weighted by molar-refractivity contribution is 6.31. The number of hydrogen-bond donors (Lipinski definition) is 1. The van der Waals surface area contributed by atoms with Gasteiger partial charge in [-0.2, -0.15) is 0 Å². The van der Waals surface area contributed by atoms with Crippen LogP contribution in [-0.4, -0.2) is 41.5 Å². The Bertz CT molecular complexity index is 1130. The molecule has 0 atom stereocenters. The van der Waals surface area contributed by atoms with E-state index in [1.54, 1.807) is 37.3 Å². The van der Waals surface area contributed by atoms with Crippen LogP contribution in [0.15, 0.2) is 41.2 Å². The minimum Gasteiger partial charge on any atom is -0.497 e. The molecule has 0 aliphatic heterocycles. The molecule has 8 heteroatoms. The van der Waals surface area contributed by atoms with Crippen LogP contribution in [0.5, 0.6) is 11.5 Å². The Morgan fingerprint density at radius 1 is 1.16 bits per heavy atom. The normalized spacial score (nSPS) is 10.8. The molecule has 0 fully saturated rings. The van der Waals surface area contributed by atoms with Gasteiger partial charge in [0.05, 0.1) is 31.7 Å². The summed E-state index contributed by atoms with van der Waals surface area (Å²) in [5, 5.41) is 0.969. The van der Waals surface area contributed by atoms with Crippen LogP contribution in [0.3, 0.4) is 0 Å². The van der Waals surface area contributed by atoms with Gasteiger partial charge >= 0.3 is 0 Å². The zero-order valence-corrected chi connectivity index (χ0v) is 18.7. The predicted molar refractivity (Wildman–Crippen MR) is 121 cm³/mol. The lowest BCUT2D eigenvalue weighted by molar-refractivity contribution is -0.131. The van der Waals surface area contributed by atoms with E-state index in [2.05, 4.69) is 9.97 Å². The van der Waals surface area contributed by atoms with Gasteiger partial charge in [0.1, 0.15) is 17.3 Å². The van der Waals surface area contributed by atoms with Crippen molar-refractivity contribution in [2.45, 2.75) is 32.7 Å². The number of nitrogens with one attached hydrogen (secondary N) is 1. The van der Waals surface area contributed by atoms with Crippen molar-refractivity contribution in [2.24, 2.45) is 0 Å². The highest BCUT2D eigenvalue weighted by atomic mass is 35.5. The number of amides is 1. The first kappa shape index (κ1) is 22.6. The van der Waals surface area contributed by atoms with E-state index >= 15 is 0 Å². The zero-order chi connectivity index (χ0) is 22.4. The summed E-state index contributed by atoms with van der Waals surface area (Å²) in [6.45, 7) is 2.78. The number of hydrogen-bond acceptors (Lipinski definition) is 5. The fraction of sp³-hybridized carbons (Fsp3) is 0.348. The number of halogens is 1. The van der Waals surface area contributed by atoms with Gasteiger partial charge in [-0.1, -0.05) is 18.5 Å². The van der Waals surface area contributed by atoms with Gasteiger partial charge in [0.2, 0.25) is 5.91 Å². The van der Waals surface area contributed by atoms with E-state index in [1.807, 2.05) is 25.1 Å². The maximum Gasteiger partial charge on any atom is 0.258 e. The summed E-state index contributed by atoms with van der Waals surface area (Å²) in [6.07, 6.45) is 1.60. The molecule has 2 aromatic carbocycles. The second kappa shape index (κ2) is 10.3. The molecule has 7 nitrogen and oxygen atoms in total. The second-order valence-electron chi connectivity index (χ2n) is 7.17. The molecule has 1 heterocycles. The van der Waals surface area contributed by atoms with Crippen molar-refractivity contribution in [2.75, 3.05) is 20.8 Å². The lowest BCUT2D eigenvalue weighted by Crippen LogP contribution is -2.33. The molecule has 1 amide bonds. The Kier molecular flexibility index (Phi) is 7.52. The Hall–Kier alpha value is -3.06. The average Bonchev–Trinajstić information content (AvgIpc) is 2.76. The highest BCUT2D eigenvalue weighted by Gasteiger charge is 2.17. The van der Waals surface area contributed by atoms with Crippen molar-refractivity contribution < 1.29 is 14.3 Å². The fourth-order valence-electron chi connectivity index (χ4n) is 3.46. The van der Waals surface area contributed by atoms with Crippen molar-refractivity contribution in [1.29, 1.82) is 0 Å². The third-order valence-electron chi connectivity index (χ3n) is 5.00. The minimum absolute atomic E-state index is 0.0273. The molecule has 3 aromatic rings. The van der Waals surface area contributed by atoms with Gasteiger partial charge in [0.25, 0.3) is 5.56 Å². The monoisotopic (exact) mass is 443 g/mol. The summed E-state index contributed by atoms with van der Waals surface area (Å²) >= 11 is 6.04. The average molecular weight is 444 g/mol. The van der Waals surface area contributed by atoms with E-state index in [1.165, 1.54) is 0 Å². The number of fused-ring (bicyclic) bond motifs is 1. The van der Waals surface area contributed by atoms with E-state index in [0.29, 0.717) is 52.6 Å². The Morgan fingerprint density at radius 3 is 2.68 bits per heavy atom. The lowest BCUT2D eigenvalue weighted by Gasteiger charge is -2.22. The maximum atomic E-state index is 13.0. The van der Waals surface area contributed by atoms with Crippen LogP contribution in [0.1, 0.15) is 31.2 Å². The molecule has 0 radical (unpaired) electrons. The molecular weight excluding hydrogens is 418 g/mol. The highest BCUT2D eigenvalue weighted by Crippen LogP contribution is 2.25. The topological polar surface area (TPSA) is 84.5 Å². The van der Waals surface area contributed by atoms with Crippen LogP contribution in [0, 0.1) is 0 Å². The third-order valence-corrected chi connectivity index (χ3v) is 5.24. The SMILES string of the molecule is CCCN(Cc1nc2cc(Cl)ccc2c(=O)[nH]1)C(=O)CCc1cc(OC)ccc1OC. The molecule has 0 aliphatic rings. The molecule has 1 N–H and O–H groups in total. The quantitative estimate of drug-likeness (QED) is 0.541. The van der Waals surface area contributed by atoms with Crippen LogP contribution in [0.25, 0.3) is 10.9 Å². The number of aryl methyl sites for hydroxylation is 1. The first-order valence-corrected chi connectivity index (χ1v) is 10.5. The van der Waals surface area contributed by atoms with Crippen molar-refractivity contribution in [3.8, 4) is 11.5 Å². The van der Waals surface area contributed by atoms with E-state index in [-0.39, 0.29) is 18.0 Å². The number of aromatic amines is 1. The van der Waals surface area contributed by atoms with Gasteiger partial charge in [0, 0.05) is 18.0 Å². The largest absolute Gasteiger partial charge is 0.497 e. The smallest absolute Gasteiger partial charge is 0.258 e. The molecule has 3 rings (SSSR count). The van der Waals surface area contributed by atoms with Crippen molar-refractivity contribution >= 4 is 28.4 Å². The molecule has 31 heavy (non-hydrogen) atoms. The molecule has 0 aliphatic carbocycles. The number of methoxy groups -OCH3 is 2. The van der Waals surface area contributed by atoms with Gasteiger partial charge in [-0.15, -0.1) is 0 Å². The first-order chi connectivity index (χ1) is 14.9. The molecular formula is C23H26ClN3O4. The van der Waals surface area contributed by atoms with Gasteiger partial charge in [-0.25, -0.2) is 4.98 Å². The van der Waals surface area contributed by atoms with Gasteiger partial charge in [-0.3, -0.25) is 9.59 Å². The maximum absolute atomic E-state index is 13.0.